The van der Waals surface area contributed by atoms with E-state index in [9.17, 15) is 5.11 Å². The average Bonchev–Trinajstić information content (AvgIpc) is 2.89. The summed E-state index contributed by atoms with van der Waals surface area (Å²) in [7, 11) is 0. The number of nitrogens with one attached hydrogen (secondary N) is 1. The zero-order valence-corrected chi connectivity index (χ0v) is 13.0. The average molecular weight is 268 g/mol. The Kier molecular flexibility index (Phi) is 5.27. The summed E-state index contributed by atoms with van der Waals surface area (Å²) >= 11 is 0. The number of likely N-dealkylation sites (N-methyl/N-ethyl adjacent to an activating group) is 1. The molecule has 3 heteroatoms. The molecule has 0 aromatic rings. The zero-order chi connectivity index (χ0) is 13.9. The van der Waals surface area contributed by atoms with Crippen molar-refractivity contribution in [1.82, 2.24) is 10.2 Å². The Morgan fingerprint density at radius 2 is 2.11 bits per heavy atom. The Labute approximate surface area is 118 Å². The smallest absolute Gasteiger partial charge is 0.0613 e. The molecule has 1 saturated heterocycles. The first kappa shape index (κ1) is 15.3. The topological polar surface area (TPSA) is 35.5 Å². The number of rotatable bonds is 5. The van der Waals surface area contributed by atoms with Crippen LogP contribution >= 0.6 is 0 Å². The van der Waals surface area contributed by atoms with Gasteiger partial charge in [0.1, 0.15) is 0 Å². The van der Waals surface area contributed by atoms with Gasteiger partial charge in [-0.15, -0.1) is 0 Å². The van der Waals surface area contributed by atoms with Gasteiger partial charge in [-0.25, -0.2) is 0 Å². The molecule has 3 atom stereocenters. The van der Waals surface area contributed by atoms with E-state index in [1.165, 1.54) is 32.2 Å². The van der Waals surface area contributed by atoms with Gasteiger partial charge < -0.3 is 10.4 Å². The summed E-state index contributed by atoms with van der Waals surface area (Å²) in [6.45, 7) is 9.37. The van der Waals surface area contributed by atoms with Crippen LogP contribution in [0.2, 0.25) is 0 Å². The maximum Gasteiger partial charge on any atom is 0.0613 e. The summed E-state index contributed by atoms with van der Waals surface area (Å²) in [6, 6.07) is 1.44. The van der Waals surface area contributed by atoms with Crippen LogP contribution in [0.15, 0.2) is 0 Å². The van der Waals surface area contributed by atoms with Crippen molar-refractivity contribution in [3.63, 3.8) is 0 Å². The first-order valence-corrected chi connectivity index (χ1v) is 8.23. The summed E-state index contributed by atoms with van der Waals surface area (Å²) < 4.78 is 0. The normalized spacial score (nSPS) is 37.1. The van der Waals surface area contributed by atoms with Crippen LogP contribution in [0.5, 0.6) is 0 Å². The van der Waals surface area contributed by atoms with Crippen molar-refractivity contribution in [1.29, 1.82) is 0 Å². The van der Waals surface area contributed by atoms with Gasteiger partial charge in [0.2, 0.25) is 0 Å². The van der Waals surface area contributed by atoms with Crippen LogP contribution in [0.1, 0.15) is 59.3 Å². The molecule has 3 unspecified atom stereocenters. The van der Waals surface area contributed by atoms with Gasteiger partial charge in [-0.1, -0.05) is 20.8 Å². The molecular formula is C16H32N2O. The summed E-state index contributed by atoms with van der Waals surface area (Å²) in [5, 5.41) is 13.4. The fourth-order valence-electron chi connectivity index (χ4n) is 4.33. The molecule has 2 fully saturated rings. The highest BCUT2D eigenvalue weighted by atomic mass is 16.3. The van der Waals surface area contributed by atoms with Crippen molar-refractivity contribution in [2.45, 2.75) is 76.9 Å². The number of aliphatic hydroxyl groups is 1. The predicted molar refractivity (Wildman–Crippen MR) is 80.3 cm³/mol. The Bertz CT molecular complexity index is 278. The molecule has 0 aromatic heterocycles. The van der Waals surface area contributed by atoms with E-state index in [0.717, 1.165) is 31.3 Å². The first-order chi connectivity index (χ1) is 9.12. The number of hydrogen-bond donors (Lipinski definition) is 2. The molecule has 2 N–H and O–H groups in total. The molecule has 2 aliphatic rings. The minimum atomic E-state index is -0.0121. The highest BCUT2D eigenvalue weighted by molar-refractivity contribution is 4.98. The highest BCUT2D eigenvalue weighted by Crippen LogP contribution is 2.36. The predicted octanol–water partition coefficient (Wildman–Crippen LogP) is 2.39. The maximum atomic E-state index is 9.83. The molecule has 112 valence electrons. The lowest BCUT2D eigenvalue weighted by atomic mass is 9.78. The number of hydrogen-bond acceptors (Lipinski definition) is 3. The van der Waals surface area contributed by atoms with Crippen LogP contribution in [0, 0.1) is 5.92 Å². The Morgan fingerprint density at radius 1 is 1.32 bits per heavy atom. The summed E-state index contributed by atoms with van der Waals surface area (Å²) in [6.07, 6.45) is 7.54. The highest BCUT2D eigenvalue weighted by Gasteiger charge is 2.40. The molecule has 0 amide bonds. The van der Waals surface area contributed by atoms with Gasteiger partial charge >= 0.3 is 0 Å². The van der Waals surface area contributed by atoms with Crippen molar-refractivity contribution in [3.05, 3.63) is 0 Å². The fourth-order valence-corrected chi connectivity index (χ4v) is 4.33. The van der Waals surface area contributed by atoms with E-state index >= 15 is 0 Å². The molecule has 0 bridgehead atoms. The van der Waals surface area contributed by atoms with Crippen LogP contribution in [-0.4, -0.2) is 47.3 Å². The largest absolute Gasteiger partial charge is 0.394 e. The second kappa shape index (κ2) is 6.55. The number of aliphatic hydroxyl groups excluding tert-OH is 1. The second-order valence-corrected chi connectivity index (χ2v) is 6.91. The lowest BCUT2D eigenvalue weighted by molar-refractivity contribution is 0.0456. The molecule has 1 saturated carbocycles. The van der Waals surface area contributed by atoms with Crippen molar-refractivity contribution in [2.24, 2.45) is 5.92 Å². The number of nitrogens with zero attached hydrogens (tertiary/aromatic N) is 1. The minimum Gasteiger partial charge on any atom is -0.394 e. The fraction of sp³-hybridized carbons (Fsp3) is 1.00. The van der Waals surface area contributed by atoms with Gasteiger partial charge in [0.25, 0.3) is 0 Å². The van der Waals surface area contributed by atoms with Crippen molar-refractivity contribution in [2.75, 3.05) is 19.7 Å². The van der Waals surface area contributed by atoms with Gasteiger partial charge in [-0.2, -0.15) is 0 Å². The van der Waals surface area contributed by atoms with E-state index in [2.05, 4.69) is 31.0 Å². The summed E-state index contributed by atoms with van der Waals surface area (Å²) in [5.74, 6) is 0.757. The molecule has 1 aliphatic heterocycles. The maximum absolute atomic E-state index is 9.83. The van der Waals surface area contributed by atoms with Crippen LogP contribution < -0.4 is 5.32 Å². The molecule has 2 rings (SSSR count). The third-order valence-corrected chi connectivity index (χ3v) is 5.25. The lowest BCUT2D eigenvalue weighted by Gasteiger charge is -2.45. The quantitative estimate of drug-likeness (QED) is 0.803. The van der Waals surface area contributed by atoms with E-state index in [1.807, 2.05) is 0 Å². The van der Waals surface area contributed by atoms with E-state index in [4.69, 9.17) is 0 Å². The molecule has 1 aliphatic carbocycles. The van der Waals surface area contributed by atoms with Gasteiger partial charge in [-0.05, 0) is 57.5 Å². The molecule has 0 spiro atoms. The molecule has 19 heavy (non-hydrogen) atoms. The molecule has 3 nitrogen and oxygen atoms in total. The molecular weight excluding hydrogens is 236 g/mol. The summed E-state index contributed by atoms with van der Waals surface area (Å²) in [5.41, 5.74) is -0.0121. The van der Waals surface area contributed by atoms with Gasteiger partial charge in [-0.3, -0.25) is 4.90 Å². The number of likely N-dealkylation sites (tertiary alicyclic amines) is 1. The van der Waals surface area contributed by atoms with E-state index in [0.29, 0.717) is 6.04 Å². The van der Waals surface area contributed by atoms with Crippen molar-refractivity contribution < 1.29 is 5.11 Å². The molecule has 1 heterocycles. The van der Waals surface area contributed by atoms with Crippen LogP contribution in [0.25, 0.3) is 0 Å². The van der Waals surface area contributed by atoms with Gasteiger partial charge in [0.15, 0.2) is 0 Å². The van der Waals surface area contributed by atoms with Crippen LogP contribution in [-0.2, 0) is 0 Å². The Hall–Kier alpha value is -0.120. The van der Waals surface area contributed by atoms with Gasteiger partial charge in [0.05, 0.1) is 6.61 Å². The lowest BCUT2D eigenvalue weighted by Crippen LogP contribution is -2.56. The standard InChI is InChI=1S/C16H32N2O/c1-4-17-16(12-19)9-5-7-14(11-16)18-10-6-8-15(18)13(2)3/h13-15,17,19H,4-12H2,1-3H3. The Balaban J connectivity index is 2.04. The van der Waals surface area contributed by atoms with E-state index < -0.39 is 0 Å². The molecule has 0 aromatic carbocycles. The third-order valence-electron chi connectivity index (χ3n) is 5.25. The second-order valence-electron chi connectivity index (χ2n) is 6.91. The Morgan fingerprint density at radius 3 is 2.74 bits per heavy atom. The van der Waals surface area contributed by atoms with Gasteiger partial charge in [0, 0.05) is 17.6 Å². The van der Waals surface area contributed by atoms with Crippen molar-refractivity contribution >= 4 is 0 Å². The monoisotopic (exact) mass is 268 g/mol. The summed E-state index contributed by atoms with van der Waals surface area (Å²) in [4.78, 5) is 2.76. The van der Waals surface area contributed by atoms with E-state index in [-0.39, 0.29) is 12.1 Å². The minimum absolute atomic E-state index is 0.0121. The first-order valence-electron chi connectivity index (χ1n) is 8.23. The van der Waals surface area contributed by atoms with Crippen molar-refractivity contribution in [3.8, 4) is 0 Å². The van der Waals surface area contributed by atoms with Crippen LogP contribution in [0.4, 0.5) is 0 Å². The molecule has 0 radical (unpaired) electrons. The SMILES string of the molecule is CCNC1(CO)CCCC(N2CCCC2C(C)C)C1. The van der Waals surface area contributed by atoms with E-state index in [1.54, 1.807) is 0 Å². The third kappa shape index (κ3) is 3.32. The van der Waals surface area contributed by atoms with Crippen LogP contribution in [0.3, 0.4) is 0 Å². The zero-order valence-electron chi connectivity index (χ0n) is 13.0.